The topological polar surface area (TPSA) is 119 Å². The van der Waals surface area contributed by atoms with Crippen molar-refractivity contribution in [2.24, 2.45) is 9.54 Å². The summed E-state index contributed by atoms with van der Waals surface area (Å²) in [4.78, 5) is -0.742. The van der Waals surface area contributed by atoms with Gasteiger partial charge in [-0.2, -0.15) is 8.42 Å². The second kappa shape index (κ2) is 5.08. The van der Waals surface area contributed by atoms with Crippen molar-refractivity contribution in [1.29, 1.82) is 0 Å². The van der Waals surface area contributed by atoms with Crippen LogP contribution in [0.15, 0.2) is 26.3 Å². The van der Waals surface area contributed by atoms with Crippen LogP contribution in [0.1, 0.15) is 0 Å². The fourth-order valence-corrected chi connectivity index (χ4v) is 3.44. The summed E-state index contributed by atoms with van der Waals surface area (Å²) in [7, 11) is -8.01. The number of rotatable bonds is 1. The third-order valence-electron chi connectivity index (χ3n) is 2.03. The third-order valence-corrected chi connectivity index (χ3v) is 4.68. The van der Waals surface area contributed by atoms with Crippen molar-refractivity contribution in [2.45, 2.75) is 9.79 Å². The molecule has 0 atom stereocenters. The van der Waals surface area contributed by atoms with E-state index in [2.05, 4.69) is 9.71 Å². The molecule has 0 saturated carbocycles. The number of primary sulfonamides is 1. The van der Waals surface area contributed by atoms with Gasteiger partial charge in [0.1, 0.15) is 16.1 Å². The SMILES string of the molecule is NS(=O)(=O)c1cc2c(cc1Cl)NC=NS2(=O)=O.[Na]. The molecule has 0 saturated heterocycles. The van der Waals surface area contributed by atoms with Crippen LogP contribution in [0.2, 0.25) is 5.02 Å². The molecule has 0 unspecified atom stereocenters. The molecule has 0 amide bonds. The molecule has 1 aliphatic rings. The Morgan fingerprint density at radius 2 is 1.94 bits per heavy atom. The first-order chi connectivity index (χ1) is 7.72. The molecular weight excluding hydrogens is 313 g/mol. The van der Waals surface area contributed by atoms with Crippen molar-refractivity contribution in [1.82, 2.24) is 0 Å². The van der Waals surface area contributed by atoms with Gasteiger partial charge in [0, 0.05) is 29.6 Å². The molecule has 93 valence electrons. The van der Waals surface area contributed by atoms with E-state index in [1.807, 2.05) is 0 Å². The first-order valence-electron chi connectivity index (χ1n) is 4.13. The van der Waals surface area contributed by atoms with Crippen molar-refractivity contribution in [2.75, 3.05) is 5.32 Å². The summed E-state index contributed by atoms with van der Waals surface area (Å²) in [6, 6.07) is 2.05. The second-order valence-corrected chi connectivity index (χ2v) is 6.72. The zero-order valence-corrected chi connectivity index (χ0v) is 13.5. The minimum atomic E-state index is -4.09. The van der Waals surface area contributed by atoms with E-state index < -0.39 is 24.9 Å². The van der Waals surface area contributed by atoms with Crippen molar-refractivity contribution in [3.8, 4) is 0 Å². The van der Waals surface area contributed by atoms with E-state index in [9.17, 15) is 16.8 Å². The predicted molar refractivity (Wildman–Crippen MR) is 67.9 cm³/mol. The number of hydrogen-bond acceptors (Lipinski definition) is 5. The Morgan fingerprint density at radius 1 is 1.33 bits per heavy atom. The molecule has 11 heteroatoms. The Bertz CT molecular complexity index is 729. The van der Waals surface area contributed by atoms with Gasteiger partial charge < -0.3 is 5.32 Å². The summed E-state index contributed by atoms with van der Waals surface area (Å²) in [5.41, 5.74) is 0.150. The molecule has 0 aromatic heterocycles. The third kappa shape index (κ3) is 2.87. The molecule has 1 aromatic carbocycles. The Hall–Kier alpha value is -0.160. The molecule has 3 N–H and O–H groups in total. The van der Waals surface area contributed by atoms with Crippen molar-refractivity contribution >= 4 is 73.2 Å². The Morgan fingerprint density at radius 3 is 2.50 bits per heavy atom. The van der Waals surface area contributed by atoms with Crippen LogP contribution in [0.4, 0.5) is 5.69 Å². The zero-order chi connectivity index (χ0) is 12.8. The molecule has 18 heavy (non-hydrogen) atoms. The minimum absolute atomic E-state index is 0. The summed E-state index contributed by atoms with van der Waals surface area (Å²) in [5, 5.41) is 7.30. The standard InChI is InChI=1S/C7H6ClN3O4S2.Na/c8-4-1-5-7(2-6(4)16(9,12)13)17(14,15)11-3-10-5;/h1-3H,(H,10,11)(H2,9,12,13);. The summed E-state index contributed by atoms with van der Waals surface area (Å²) >= 11 is 5.70. The molecule has 0 spiro atoms. The maximum atomic E-state index is 11.5. The van der Waals surface area contributed by atoms with Gasteiger partial charge in [-0.3, -0.25) is 0 Å². The molecule has 1 radical (unpaired) electrons. The van der Waals surface area contributed by atoms with E-state index in [-0.39, 0.29) is 45.2 Å². The Balaban J connectivity index is 0.00000162. The van der Waals surface area contributed by atoms with Crippen LogP contribution >= 0.6 is 11.6 Å². The second-order valence-electron chi connectivity index (χ2n) is 3.18. The van der Waals surface area contributed by atoms with E-state index in [4.69, 9.17) is 16.7 Å². The van der Waals surface area contributed by atoms with Crippen LogP contribution in [0.25, 0.3) is 0 Å². The largest absolute Gasteiger partial charge is 0.344 e. The van der Waals surface area contributed by atoms with Crippen molar-refractivity contribution in [3.05, 3.63) is 17.2 Å². The van der Waals surface area contributed by atoms with Crippen LogP contribution < -0.4 is 10.5 Å². The van der Waals surface area contributed by atoms with Gasteiger partial charge in [0.2, 0.25) is 10.0 Å². The number of hydrogen-bond donors (Lipinski definition) is 2. The number of halogens is 1. The molecule has 1 heterocycles. The molecule has 7 nitrogen and oxygen atoms in total. The fourth-order valence-electron chi connectivity index (χ4n) is 1.30. The molecule has 1 aliphatic heterocycles. The first-order valence-corrected chi connectivity index (χ1v) is 7.50. The maximum absolute atomic E-state index is 11.5. The molecule has 1 aromatic rings. The zero-order valence-electron chi connectivity index (χ0n) is 9.08. The van der Waals surface area contributed by atoms with E-state index >= 15 is 0 Å². The molecule has 0 fully saturated rings. The number of benzene rings is 1. The van der Waals surface area contributed by atoms with Gasteiger partial charge in [-0.15, -0.1) is 4.40 Å². The summed E-state index contributed by atoms with van der Waals surface area (Å²) in [5.74, 6) is 0. The van der Waals surface area contributed by atoms with Crippen LogP contribution in [-0.2, 0) is 20.0 Å². The van der Waals surface area contributed by atoms with Gasteiger partial charge in [-0.1, -0.05) is 11.6 Å². The quantitative estimate of drug-likeness (QED) is 0.692. The van der Waals surface area contributed by atoms with Gasteiger partial charge in [0.15, 0.2) is 0 Å². The summed E-state index contributed by atoms with van der Waals surface area (Å²) < 4.78 is 48.7. The number of nitrogens with one attached hydrogen (secondary N) is 1. The van der Waals surface area contributed by atoms with Gasteiger partial charge in [-0.05, 0) is 12.1 Å². The summed E-state index contributed by atoms with van der Waals surface area (Å²) in [6.45, 7) is 0. The van der Waals surface area contributed by atoms with Crippen molar-refractivity contribution < 1.29 is 16.8 Å². The Labute approximate surface area is 131 Å². The van der Waals surface area contributed by atoms with E-state index in [1.165, 1.54) is 6.07 Å². The van der Waals surface area contributed by atoms with Gasteiger partial charge >= 0.3 is 0 Å². The Kier molecular flexibility index (Phi) is 4.49. The van der Waals surface area contributed by atoms with Crippen LogP contribution in [-0.4, -0.2) is 52.7 Å². The normalized spacial score (nSPS) is 16.3. The van der Waals surface area contributed by atoms with Gasteiger partial charge in [0.25, 0.3) is 10.0 Å². The molecular formula is C7H6ClN3NaO4S2. The summed E-state index contributed by atoms with van der Waals surface area (Å²) in [6.07, 6.45) is 0.977. The number of nitrogens with zero attached hydrogens (tertiary/aromatic N) is 1. The number of fused-ring (bicyclic) bond motifs is 1. The first kappa shape index (κ1) is 15.9. The van der Waals surface area contributed by atoms with Crippen LogP contribution in [0.3, 0.4) is 0 Å². The van der Waals surface area contributed by atoms with Crippen molar-refractivity contribution in [3.63, 3.8) is 0 Å². The number of anilines is 1. The predicted octanol–water partition coefficient (Wildman–Crippen LogP) is -0.251. The van der Waals surface area contributed by atoms with Gasteiger partial charge in [0.05, 0.1) is 10.7 Å². The number of sulfonamides is 2. The minimum Gasteiger partial charge on any atom is -0.344 e. The number of nitrogens with two attached hydrogens (primary N) is 1. The fraction of sp³-hybridized carbons (Fsp3) is 0. The average molecular weight is 319 g/mol. The van der Waals surface area contributed by atoms with Crippen LogP contribution in [0.5, 0.6) is 0 Å². The molecule has 0 bridgehead atoms. The van der Waals surface area contributed by atoms with E-state index in [0.717, 1.165) is 12.4 Å². The average Bonchev–Trinajstić information content (AvgIpc) is 2.13. The smallest absolute Gasteiger partial charge is 0.285 e. The van der Waals surface area contributed by atoms with Gasteiger partial charge in [-0.25, -0.2) is 13.6 Å². The van der Waals surface area contributed by atoms with Crippen LogP contribution in [0, 0.1) is 0 Å². The monoisotopic (exact) mass is 318 g/mol. The van der Waals surface area contributed by atoms with E-state index in [1.54, 1.807) is 0 Å². The molecule has 2 rings (SSSR count). The molecule has 0 aliphatic carbocycles. The maximum Gasteiger partial charge on any atom is 0.285 e. The van der Waals surface area contributed by atoms with E-state index in [0.29, 0.717) is 0 Å².